The number of hydrogen-bond acceptors (Lipinski definition) is 3. The Hall–Kier alpha value is -1.68. The molecule has 0 unspecified atom stereocenters. The van der Waals surface area contributed by atoms with Crippen molar-refractivity contribution in [2.75, 3.05) is 11.4 Å². The van der Waals surface area contributed by atoms with Crippen LogP contribution >= 0.6 is 11.3 Å². The van der Waals surface area contributed by atoms with Crippen LogP contribution in [0.5, 0.6) is 0 Å². The maximum atomic E-state index is 12.6. The number of pyridine rings is 1. The lowest BCUT2D eigenvalue weighted by molar-refractivity contribution is 0.0978. The predicted octanol–water partition coefficient (Wildman–Crippen LogP) is 3.84. The Morgan fingerprint density at radius 3 is 2.47 bits per heavy atom. The van der Waals surface area contributed by atoms with Crippen LogP contribution in [0.3, 0.4) is 0 Å². The van der Waals surface area contributed by atoms with Crippen LogP contribution in [-0.2, 0) is 0 Å². The number of amides is 1. The summed E-state index contributed by atoms with van der Waals surface area (Å²) in [5.41, 5.74) is 1.67. The number of carbonyl (C=O) groups excluding carboxylic acids is 1. The minimum atomic E-state index is 0.0367. The summed E-state index contributed by atoms with van der Waals surface area (Å²) < 4.78 is 0. The minimum absolute atomic E-state index is 0.0367. The Morgan fingerprint density at radius 2 is 1.95 bits per heavy atom. The van der Waals surface area contributed by atoms with Gasteiger partial charge in [-0.15, -0.1) is 0 Å². The van der Waals surface area contributed by atoms with Crippen LogP contribution in [0.2, 0.25) is 0 Å². The van der Waals surface area contributed by atoms with Gasteiger partial charge in [-0.3, -0.25) is 9.78 Å². The number of nitrogens with zero attached hydrogens (tertiary/aromatic N) is 2. The van der Waals surface area contributed by atoms with Crippen LogP contribution in [0.15, 0.2) is 41.4 Å². The number of thiophene rings is 1. The maximum absolute atomic E-state index is 12.6. The number of aromatic nitrogens is 1. The number of hydrogen-bond donors (Lipinski definition) is 0. The quantitative estimate of drug-likeness (QED) is 0.852. The number of rotatable bonds is 3. The van der Waals surface area contributed by atoms with Crippen molar-refractivity contribution in [3.63, 3.8) is 0 Å². The van der Waals surface area contributed by atoms with Crippen LogP contribution in [0.4, 0.5) is 5.69 Å². The van der Waals surface area contributed by atoms with Gasteiger partial charge in [0.25, 0.3) is 5.91 Å². The van der Waals surface area contributed by atoms with Gasteiger partial charge in [0.2, 0.25) is 0 Å². The zero-order valence-electron chi connectivity index (χ0n) is 11.5. The van der Waals surface area contributed by atoms with E-state index in [9.17, 15) is 4.79 Å². The van der Waals surface area contributed by atoms with Crippen LogP contribution in [0.25, 0.3) is 0 Å². The second kappa shape index (κ2) is 5.53. The van der Waals surface area contributed by atoms with Crippen LogP contribution in [0.1, 0.15) is 31.1 Å². The number of carbonyl (C=O) groups is 1. The van der Waals surface area contributed by atoms with Gasteiger partial charge in [0, 0.05) is 30.0 Å². The molecule has 2 heterocycles. The normalized spacial score (nSPS) is 11.3. The van der Waals surface area contributed by atoms with Gasteiger partial charge in [-0.25, -0.2) is 0 Å². The van der Waals surface area contributed by atoms with Gasteiger partial charge in [0.05, 0.1) is 5.56 Å². The molecule has 0 saturated carbocycles. The summed E-state index contributed by atoms with van der Waals surface area (Å²) in [6, 6.07) is 5.61. The first-order valence-corrected chi connectivity index (χ1v) is 7.16. The van der Waals surface area contributed by atoms with Crippen molar-refractivity contribution in [3.05, 3.63) is 46.9 Å². The molecule has 0 aliphatic rings. The zero-order chi connectivity index (χ0) is 13.9. The molecular formula is C15H18N2OS. The summed E-state index contributed by atoms with van der Waals surface area (Å²) >= 11 is 1.54. The van der Waals surface area contributed by atoms with E-state index in [1.54, 1.807) is 12.4 Å². The molecule has 0 atom stereocenters. The van der Waals surface area contributed by atoms with Gasteiger partial charge in [0.15, 0.2) is 0 Å². The first-order chi connectivity index (χ1) is 8.97. The fourth-order valence-electron chi connectivity index (χ4n) is 1.82. The topological polar surface area (TPSA) is 33.2 Å². The van der Waals surface area contributed by atoms with E-state index in [0.29, 0.717) is 6.54 Å². The van der Waals surface area contributed by atoms with Gasteiger partial charge in [-0.2, -0.15) is 11.3 Å². The van der Waals surface area contributed by atoms with Crippen molar-refractivity contribution in [2.24, 2.45) is 5.41 Å². The molecule has 2 aromatic heterocycles. The fraction of sp³-hybridized carbons (Fsp3) is 0.333. The summed E-state index contributed by atoms with van der Waals surface area (Å²) in [6.45, 7) is 7.05. The van der Waals surface area contributed by atoms with Crippen molar-refractivity contribution in [2.45, 2.75) is 20.8 Å². The molecule has 1 amide bonds. The van der Waals surface area contributed by atoms with E-state index in [1.165, 1.54) is 11.3 Å². The van der Waals surface area contributed by atoms with E-state index in [4.69, 9.17) is 0 Å². The van der Waals surface area contributed by atoms with Gasteiger partial charge in [0.1, 0.15) is 0 Å². The Kier molecular flexibility index (Phi) is 4.00. The molecule has 0 spiro atoms. The second-order valence-corrected chi connectivity index (χ2v) is 6.45. The Balaban J connectivity index is 2.32. The third-order valence-electron chi connectivity index (χ3n) is 2.62. The third kappa shape index (κ3) is 3.64. The molecule has 100 valence electrons. The van der Waals surface area contributed by atoms with Crippen LogP contribution < -0.4 is 4.90 Å². The second-order valence-electron chi connectivity index (χ2n) is 5.67. The van der Waals surface area contributed by atoms with E-state index in [-0.39, 0.29) is 11.3 Å². The summed E-state index contributed by atoms with van der Waals surface area (Å²) in [4.78, 5) is 18.4. The van der Waals surface area contributed by atoms with E-state index in [2.05, 4.69) is 25.8 Å². The highest BCUT2D eigenvalue weighted by atomic mass is 32.1. The Bertz CT molecular complexity index is 529. The van der Waals surface area contributed by atoms with E-state index in [0.717, 1.165) is 11.3 Å². The average Bonchev–Trinajstić information content (AvgIpc) is 2.89. The van der Waals surface area contributed by atoms with Gasteiger partial charge in [-0.1, -0.05) is 20.8 Å². The highest BCUT2D eigenvalue weighted by Gasteiger charge is 2.23. The first kappa shape index (κ1) is 13.7. The van der Waals surface area contributed by atoms with Crippen molar-refractivity contribution < 1.29 is 4.79 Å². The Morgan fingerprint density at radius 1 is 1.26 bits per heavy atom. The van der Waals surface area contributed by atoms with Crippen LogP contribution in [0, 0.1) is 5.41 Å². The molecule has 0 aromatic carbocycles. The smallest absolute Gasteiger partial charge is 0.259 e. The SMILES string of the molecule is CC(C)(C)CN(C(=O)c1ccsc1)c1ccncc1. The molecule has 19 heavy (non-hydrogen) atoms. The van der Waals surface area contributed by atoms with Crippen LogP contribution in [-0.4, -0.2) is 17.4 Å². The molecule has 0 fully saturated rings. The zero-order valence-corrected chi connectivity index (χ0v) is 12.3. The summed E-state index contributed by atoms with van der Waals surface area (Å²) in [7, 11) is 0. The van der Waals surface area contributed by atoms with Crippen molar-refractivity contribution >= 4 is 22.9 Å². The third-order valence-corrected chi connectivity index (χ3v) is 3.30. The summed E-state index contributed by atoms with van der Waals surface area (Å²) in [5, 5.41) is 3.81. The lowest BCUT2D eigenvalue weighted by Gasteiger charge is -2.29. The van der Waals surface area contributed by atoms with Crippen molar-refractivity contribution in [1.82, 2.24) is 4.98 Å². The molecule has 2 rings (SSSR count). The first-order valence-electron chi connectivity index (χ1n) is 6.21. The van der Waals surface area contributed by atoms with Crippen molar-refractivity contribution in [1.29, 1.82) is 0 Å². The summed E-state index contributed by atoms with van der Waals surface area (Å²) in [6.07, 6.45) is 3.43. The maximum Gasteiger partial charge on any atom is 0.259 e. The van der Waals surface area contributed by atoms with Crippen molar-refractivity contribution in [3.8, 4) is 0 Å². The number of anilines is 1. The highest BCUT2D eigenvalue weighted by Crippen LogP contribution is 2.23. The average molecular weight is 274 g/mol. The predicted molar refractivity (Wildman–Crippen MR) is 79.7 cm³/mol. The lowest BCUT2D eigenvalue weighted by Crippen LogP contribution is -2.37. The van der Waals surface area contributed by atoms with E-state index < -0.39 is 0 Å². The van der Waals surface area contributed by atoms with Gasteiger partial charge < -0.3 is 4.90 Å². The molecule has 0 N–H and O–H groups in total. The van der Waals surface area contributed by atoms with E-state index in [1.807, 2.05) is 33.9 Å². The molecule has 0 aliphatic carbocycles. The lowest BCUT2D eigenvalue weighted by atomic mass is 9.95. The molecule has 0 radical (unpaired) electrons. The fourth-order valence-corrected chi connectivity index (χ4v) is 2.45. The van der Waals surface area contributed by atoms with Gasteiger partial charge >= 0.3 is 0 Å². The largest absolute Gasteiger partial charge is 0.308 e. The summed E-state index contributed by atoms with van der Waals surface area (Å²) in [5.74, 6) is 0.0439. The monoisotopic (exact) mass is 274 g/mol. The van der Waals surface area contributed by atoms with E-state index >= 15 is 0 Å². The highest BCUT2D eigenvalue weighted by molar-refractivity contribution is 7.08. The molecule has 4 heteroatoms. The minimum Gasteiger partial charge on any atom is -0.308 e. The van der Waals surface area contributed by atoms with Gasteiger partial charge in [-0.05, 0) is 29.0 Å². The molecular weight excluding hydrogens is 256 g/mol. The molecule has 2 aromatic rings. The molecule has 0 bridgehead atoms. The molecule has 0 aliphatic heterocycles. The standard InChI is InChI=1S/C15H18N2OS/c1-15(2,3)11-17(13-4-7-16-8-5-13)14(18)12-6-9-19-10-12/h4-10H,11H2,1-3H3. The molecule has 3 nitrogen and oxygen atoms in total. The Labute approximate surface area is 117 Å². The molecule has 0 saturated heterocycles.